The molecule has 0 atom stereocenters. The molecule has 1 aliphatic rings. The summed E-state index contributed by atoms with van der Waals surface area (Å²) in [6, 6.07) is 12.5. The number of nitrogens with two attached hydrogens (primary N) is 1. The number of anilines is 1. The molecule has 1 heterocycles. The molecule has 0 amide bonds. The van der Waals surface area contributed by atoms with E-state index in [2.05, 4.69) is 64.9 Å². The summed E-state index contributed by atoms with van der Waals surface area (Å²) >= 11 is 0. The molecular formula is C38H56N6O2. The van der Waals surface area contributed by atoms with Gasteiger partial charge in [-0.05, 0) is 80.6 Å². The molecule has 0 unspecified atom stereocenters. The summed E-state index contributed by atoms with van der Waals surface area (Å²) in [5.41, 5.74) is 11.8. The molecule has 0 spiro atoms. The van der Waals surface area contributed by atoms with Crippen molar-refractivity contribution in [3.8, 4) is 5.75 Å². The van der Waals surface area contributed by atoms with Crippen LogP contribution in [0, 0.1) is 5.41 Å². The van der Waals surface area contributed by atoms with Crippen molar-refractivity contribution in [2.24, 2.45) is 21.1 Å². The van der Waals surface area contributed by atoms with Gasteiger partial charge in [-0.2, -0.15) is 0 Å². The quantitative estimate of drug-likeness (QED) is 0.0807. The lowest BCUT2D eigenvalue weighted by Crippen LogP contribution is -2.44. The van der Waals surface area contributed by atoms with E-state index >= 15 is 0 Å². The molecule has 0 radical (unpaired) electrons. The Labute approximate surface area is 277 Å². The van der Waals surface area contributed by atoms with Crippen LogP contribution in [-0.4, -0.2) is 73.3 Å². The second-order valence-corrected chi connectivity index (χ2v) is 13.0. The predicted octanol–water partition coefficient (Wildman–Crippen LogP) is 7.75. The van der Waals surface area contributed by atoms with Crippen LogP contribution in [0.4, 0.5) is 11.4 Å². The average Bonchev–Trinajstić information content (AvgIpc) is 3.00. The molecular weight excluding hydrogens is 572 g/mol. The summed E-state index contributed by atoms with van der Waals surface area (Å²) in [7, 11) is 2.19. The van der Waals surface area contributed by atoms with Gasteiger partial charge in [0.2, 0.25) is 0 Å². The van der Waals surface area contributed by atoms with Crippen molar-refractivity contribution in [2.75, 3.05) is 51.7 Å². The Hall–Kier alpha value is -3.88. The summed E-state index contributed by atoms with van der Waals surface area (Å²) < 4.78 is 6.33. The zero-order chi connectivity index (χ0) is 33.7. The van der Waals surface area contributed by atoms with Gasteiger partial charge in [-0.3, -0.25) is 4.99 Å². The highest BCUT2D eigenvalue weighted by atomic mass is 16.5. The van der Waals surface area contributed by atoms with E-state index in [4.69, 9.17) is 15.5 Å². The number of allylic oxidation sites excluding steroid dienone is 3. The van der Waals surface area contributed by atoms with E-state index in [0.29, 0.717) is 18.8 Å². The van der Waals surface area contributed by atoms with Crippen molar-refractivity contribution in [1.82, 2.24) is 9.80 Å². The molecule has 0 saturated carbocycles. The van der Waals surface area contributed by atoms with Crippen LogP contribution in [0.2, 0.25) is 0 Å². The first-order chi connectivity index (χ1) is 21.9. The molecule has 1 saturated heterocycles. The predicted molar refractivity (Wildman–Crippen MR) is 197 cm³/mol. The Kier molecular flexibility index (Phi) is 14.1. The minimum absolute atomic E-state index is 0.184. The van der Waals surface area contributed by atoms with Crippen LogP contribution < -0.4 is 15.8 Å². The maximum atomic E-state index is 10.3. The lowest BCUT2D eigenvalue weighted by atomic mass is 9.93. The molecule has 0 aromatic heterocycles. The Bertz CT molecular complexity index is 1430. The first-order valence-corrected chi connectivity index (χ1v) is 16.6. The number of piperazine rings is 1. The third kappa shape index (κ3) is 11.5. The van der Waals surface area contributed by atoms with Crippen molar-refractivity contribution in [2.45, 2.75) is 67.2 Å². The van der Waals surface area contributed by atoms with Gasteiger partial charge in [0, 0.05) is 67.7 Å². The number of hydrogen-bond donors (Lipinski definition) is 3. The van der Waals surface area contributed by atoms with Crippen LogP contribution in [0.3, 0.4) is 0 Å². The molecule has 8 heteroatoms. The van der Waals surface area contributed by atoms with Gasteiger partial charge >= 0.3 is 0 Å². The molecule has 0 aliphatic carbocycles. The number of hydrogen-bond acceptors (Lipinski definition) is 7. The third-order valence-corrected chi connectivity index (χ3v) is 8.00. The van der Waals surface area contributed by atoms with Crippen LogP contribution in [0.25, 0.3) is 5.57 Å². The number of amidine groups is 1. The van der Waals surface area contributed by atoms with E-state index in [0.717, 1.165) is 91.4 Å². The number of nitrogens with one attached hydrogen (secondary N) is 1. The van der Waals surface area contributed by atoms with Gasteiger partial charge in [0.25, 0.3) is 0 Å². The fraction of sp³-hybridized carbons (Fsp3) is 0.474. The van der Waals surface area contributed by atoms with Gasteiger partial charge in [-0.15, -0.1) is 0 Å². The highest BCUT2D eigenvalue weighted by Gasteiger charge is 2.17. The monoisotopic (exact) mass is 628 g/mol. The lowest BCUT2D eigenvalue weighted by Gasteiger charge is -2.32. The van der Waals surface area contributed by atoms with Gasteiger partial charge in [-0.1, -0.05) is 53.3 Å². The second-order valence-electron chi connectivity index (χ2n) is 13.0. The zero-order valence-corrected chi connectivity index (χ0v) is 29.2. The van der Waals surface area contributed by atoms with Crippen LogP contribution >= 0.6 is 0 Å². The maximum absolute atomic E-state index is 10.3. The number of ether oxygens (including phenoxy) is 1. The van der Waals surface area contributed by atoms with E-state index in [-0.39, 0.29) is 11.6 Å². The molecule has 8 nitrogen and oxygen atoms in total. The summed E-state index contributed by atoms with van der Waals surface area (Å²) in [6.45, 7) is 22.7. The van der Waals surface area contributed by atoms with E-state index < -0.39 is 5.41 Å². The number of nitrogens with zero attached hydrogens (tertiary/aromatic N) is 4. The molecule has 4 N–H and O–H groups in total. The molecule has 1 aliphatic heterocycles. The zero-order valence-electron chi connectivity index (χ0n) is 29.2. The van der Waals surface area contributed by atoms with E-state index in [1.54, 1.807) is 0 Å². The van der Waals surface area contributed by atoms with E-state index in [1.807, 2.05) is 59.0 Å². The minimum atomic E-state index is -0.406. The molecule has 0 bridgehead atoms. The molecule has 250 valence electrons. The minimum Gasteiger partial charge on any atom is -0.512 e. The van der Waals surface area contributed by atoms with Crippen LogP contribution in [-0.2, 0) is 12.8 Å². The Morgan fingerprint density at radius 3 is 2.52 bits per heavy atom. The first kappa shape index (κ1) is 36.6. The fourth-order valence-electron chi connectivity index (χ4n) is 5.19. The topological polar surface area (TPSA) is 98.7 Å². The summed E-state index contributed by atoms with van der Waals surface area (Å²) in [5, 5.41) is 13.7. The average molecular weight is 629 g/mol. The SMILES string of the molecule is C=C(Cc1cccc(NC(=C/CC)/N=C(N)\C=C(/O)C(C)(C)C)c1)c1cc(CC)c(OCCCN2CCN(C)CC2)cc1N=CC. The van der Waals surface area contributed by atoms with Crippen molar-refractivity contribution in [1.29, 1.82) is 0 Å². The smallest absolute Gasteiger partial charge is 0.129 e. The number of aryl methyl sites for hydroxylation is 1. The maximum Gasteiger partial charge on any atom is 0.129 e. The van der Waals surface area contributed by atoms with Gasteiger partial charge in [0.05, 0.1) is 12.3 Å². The van der Waals surface area contributed by atoms with E-state index in [1.165, 1.54) is 6.08 Å². The van der Waals surface area contributed by atoms with Gasteiger partial charge in [-0.25, -0.2) is 4.99 Å². The number of benzene rings is 2. The number of likely N-dealkylation sites (N-methyl/N-ethyl adjacent to an activating group) is 1. The summed E-state index contributed by atoms with van der Waals surface area (Å²) in [6.07, 6.45) is 8.61. The largest absolute Gasteiger partial charge is 0.512 e. The van der Waals surface area contributed by atoms with Crippen molar-refractivity contribution < 1.29 is 9.84 Å². The summed E-state index contributed by atoms with van der Waals surface area (Å²) in [4.78, 5) is 14.1. The molecule has 2 aromatic rings. The third-order valence-electron chi connectivity index (χ3n) is 8.00. The number of aliphatic hydroxyl groups excluding tert-OH is 1. The van der Waals surface area contributed by atoms with Crippen molar-refractivity contribution >= 4 is 29.0 Å². The van der Waals surface area contributed by atoms with Crippen molar-refractivity contribution in [3.63, 3.8) is 0 Å². The molecule has 2 aromatic carbocycles. The van der Waals surface area contributed by atoms with Crippen LogP contribution in [0.1, 0.15) is 71.1 Å². The number of rotatable bonds is 15. The summed E-state index contributed by atoms with van der Waals surface area (Å²) in [5.74, 6) is 1.96. The number of aliphatic hydroxyl groups is 1. The van der Waals surface area contributed by atoms with Gasteiger partial charge in [0.15, 0.2) is 0 Å². The lowest BCUT2D eigenvalue weighted by molar-refractivity contribution is 0.145. The Morgan fingerprint density at radius 1 is 1.13 bits per heavy atom. The van der Waals surface area contributed by atoms with Crippen LogP contribution in [0.5, 0.6) is 5.75 Å². The van der Waals surface area contributed by atoms with Crippen LogP contribution in [0.15, 0.2) is 76.7 Å². The normalized spacial score (nSPS) is 15.8. The molecule has 1 fully saturated rings. The fourth-order valence-corrected chi connectivity index (χ4v) is 5.19. The van der Waals surface area contributed by atoms with E-state index in [9.17, 15) is 5.11 Å². The Balaban J connectivity index is 1.72. The highest BCUT2D eigenvalue weighted by molar-refractivity contribution is 5.92. The highest BCUT2D eigenvalue weighted by Crippen LogP contribution is 2.35. The van der Waals surface area contributed by atoms with Gasteiger partial charge < -0.3 is 30.7 Å². The molecule has 3 rings (SSSR count). The first-order valence-electron chi connectivity index (χ1n) is 16.6. The number of aliphatic imine (C=N–C) groups is 2. The standard InChI is InChI=1S/C38H56N6O2/c1-9-14-37(42-36(39)27-35(45)38(5,6)7)41-31-16-12-15-29(24-31)23-28(4)32-25-30(10-2)34(26-33(32)40-11-3)46-22-13-17-44-20-18-43(8)19-21-44/h11-12,14-16,24-27,41,45H,4,9-10,13,17-23H2,1-3,5-8H3,(H2,39,42)/b35-27-,37-14-,40-11?. The Morgan fingerprint density at radius 2 is 1.87 bits per heavy atom. The van der Waals surface area contributed by atoms with Crippen molar-refractivity contribution in [3.05, 3.63) is 83.4 Å². The van der Waals surface area contributed by atoms with Gasteiger partial charge in [0.1, 0.15) is 23.2 Å². The second kappa shape index (κ2) is 17.7. The molecule has 46 heavy (non-hydrogen) atoms.